The van der Waals surface area contributed by atoms with E-state index >= 15 is 0 Å². The van der Waals surface area contributed by atoms with Crippen LogP contribution < -0.4 is 15.5 Å². The van der Waals surface area contributed by atoms with Crippen molar-refractivity contribution in [1.82, 2.24) is 19.9 Å². The number of benzene rings is 2. The van der Waals surface area contributed by atoms with Crippen LogP contribution in [-0.4, -0.2) is 53.1 Å². The molecule has 2 N–H and O–H groups in total. The molecule has 1 fully saturated rings. The van der Waals surface area contributed by atoms with E-state index in [1.165, 1.54) is 0 Å². The molecule has 0 unspecified atom stereocenters. The highest BCUT2D eigenvalue weighted by molar-refractivity contribution is 6.31. The topological polar surface area (TPSA) is 69.2 Å². The van der Waals surface area contributed by atoms with Gasteiger partial charge < -0.3 is 20.4 Å². The normalized spacial score (nSPS) is 14.4. The van der Waals surface area contributed by atoms with Gasteiger partial charge in [-0.3, -0.25) is 4.98 Å². The summed E-state index contributed by atoms with van der Waals surface area (Å²) in [6.07, 6.45) is 1.79. The lowest BCUT2D eigenvalue weighted by atomic mass is 10.1. The molecule has 0 saturated carbocycles. The van der Waals surface area contributed by atoms with Gasteiger partial charge in [0.1, 0.15) is 5.82 Å². The molecule has 1 aliphatic rings. The molecule has 3 heterocycles. The molecule has 0 spiro atoms. The molecule has 174 valence electrons. The number of aryl methyl sites for hydroxylation is 1. The Labute approximate surface area is 204 Å². The van der Waals surface area contributed by atoms with Gasteiger partial charge in [-0.1, -0.05) is 23.7 Å². The second-order valence-corrected chi connectivity index (χ2v) is 9.12. The standard InChI is InChI=1S/C26H28ClN7/c1-18-14-25(32-26(30-18)34-12-10-33(2)11-13-34)29-17-19-4-3-5-21(15-19)31-23-8-9-28-24-16-20(27)6-7-22(23)24/h3-9,14-16H,10-13,17H2,1-2H3,(H,28,31)(H,29,30,32). The summed E-state index contributed by atoms with van der Waals surface area (Å²) in [4.78, 5) is 18.5. The molecule has 0 bridgehead atoms. The predicted molar refractivity (Wildman–Crippen MR) is 140 cm³/mol. The molecular formula is C26H28ClN7. The first-order valence-corrected chi connectivity index (χ1v) is 11.8. The van der Waals surface area contributed by atoms with Crippen LogP contribution in [0.2, 0.25) is 5.02 Å². The minimum atomic E-state index is 0.668. The van der Waals surface area contributed by atoms with Crippen molar-refractivity contribution in [2.75, 3.05) is 48.8 Å². The average molecular weight is 474 g/mol. The molecule has 0 radical (unpaired) electrons. The van der Waals surface area contributed by atoms with Gasteiger partial charge in [-0.2, -0.15) is 4.98 Å². The van der Waals surface area contributed by atoms with Crippen LogP contribution in [-0.2, 0) is 6.54 Å². The van der Waals surface area contributed by atoms with E-state index in [2.05, 4.69) is 61.7 Å². The fourth-order valence-electron chi connectivity index (χ4n) is 4.13. The molecule has 4 aromatic rings. The smallest absolute Gasteiger partial charge is 0.227 e. The van der Waals surface area contributed by atoms with Crippen LogP contribution in [0.25, 0.3) is 10.9 Å². The Kier molecular flexibility index (Phi) is 6.47. The lowest BCUT2D eigenvalue weighted by Gasteiger charge is -2.32. The molecule has 2 aromatic carbocycles. The van der Waals surface area contributed by atoms with Crippen molar-refractivity contribution < 1.29 is 0 Å². The van der Waals surface area contributed by atoms with Crippen molar-refractivity contribution in [1.29, 1.82) is 0 Å². The average Bonchev–Trinajstić information content (AvgIpc) is 2.83. The van der Waals surface area contributed by atoms with Gasteiger partial charge in [0.05, 0.1) is 5.52 Å². The van der Waals surface area contributed by atoms with Gasteiger partial charge in [0.15, 0.2) is 0 Å². The Hall–Kier alpha value is -3.42. The number of anilines is 4. The lowest BCUT2D eigenvalue weighted by Crippen LogP contribution is -2.45. The maximum Gasteiger partial charge on any atom is 0.227 e. The highest BCUT2D eigenvalue weighted by Gasteiger charge is 2.17. The molecule has 7 nitrogen and oxygen atoms in total. The summed E-state index contributed by atoms with van der Waals surface area (Å²) in [7, 11) is 2.15. The van der Waals surface area contributed by atoms with E-state index in [1.54, 1.807) is 6.20 Å². The number of fused-ring (bicyclic) bond motifs is 1. The second-order valence-electron chi connectivity index (χ2n) is 8.68. The van der Waals surface area contributed by atoms with Gasteiger partial charge in [0.2, 0.25) is 5.95 Å². The molecular weight excluding hydrogens is 446 g/mol. The van der Waals surface area contributed by atoms with Crippen molar-refractivity contribution in [3.8, 4) is 0 Å². The SMILES string of the molecule is Cc1cc(NCc2cccc(Nc3ccnc4cc(Cl)ccc34)c2)nc(N2CCN(C)CC2)n1. The Morgan fingerprint density at radius 3 is 2.68 bits per heavy atom. The number of likely N-dealkylation sites (N-methyl/N-ethyl adjacent to an activating group) is 1. The van der Waals surface area contributed by atoms with E-state index in [-0.39, 0.29) is 0 Å². The number of hydrogen-bond donors (Lipinski definition) is 2. The van der Waals surface area contributed by atoms with Crippen LogP contribution in [0.1, 0.15) is 11.3 Å². The van der Waals surface area contributed by atoms with E-state index in [0.717, 1.165) is 71.5 Å². The van der Waals surface area contributed by atoms with Gasteiger partial charge in [0, 0.05) is 72.5 Å². The van der Waals surface area contributed by atoms with Crippen molar-refractivity contribution in [2.24, 2.45) is 0 Å². The number of pyridine rings is 1. The first-order chi connectivity index (χ1) is 16.5. The number of nitrogens with one attached hydrogen (secondary N) is 2. The maximum atomic E-state index is 6.13. The van der Waals surface area contributed by atoms with Gasteiger partial charge >= 0.3 is 0 Å². The van der Waals surface area contributed by atoms with Crippen molar-refractivity contribution >= 4 is 45.6 Å². The van der Waals surface area contributed by atoms with Crippen LogP contribution >= 0.6 is 11.6 Å². The van der Waals surface area contributed by atoms with E-state index in [9.17, 15) is 0 Å². The summed E-state index contributed by atoms with van der Waals surface area (Å²) >= 11 is 6.13. The number of rotatable bonds is 6. The van der Waals surface area contributed by atoms with Crippen LogP contribution in [0.3, 0.4) is 0 Å². The molecule has 0 atom stereocenters. The third-order valence-corrected chi connectivity index (χ3v) is 6.25. The molecule has 5 rings (SSSR count). The van der Waals surface area contributed by atoms with Gasteiger partial charge in [-0.05, 0) is 55.9 Å². The first-order valence-electron chi connectivity index (χ1n) is 11.5. The van der Waals surface area contributed by atoms with Crippen LogP contribution in [0.4, 0.5) is 23.1 Å². The van der Waals surface area contributed by atoms with E-state index < -0.39 is 0 Å². The Bertz CT molecular complexity index is 1300. The summed E-state index contributed by atoms with van der Waals surface area (Å²) in [6.45, 7) is 6.63. The van der Waals surface area contributed by atoms with E-state index in [1.807, 2.05) is 37.3 Å². The zero-order valence-corrected chi connectivity index (χ0v) is 20.2. The number of hydrogen-bond acceptors (Lipinski definition) is 7. The largest absolute Gasteiger partial charge is 0.366 e. The first kappa shape index (κ1) is 22.4. The monoisotopic (exact) mass is 473 g/mol. The molecule has 34 heavy (non-hydrogen) atoms. The number of aromatic nitrogens is 3. The van der Waals surface area contributed by atoms with Crippen LogP contribution in [0, 0.1) is 6.92 Å². The minimum absolute atomic E-state index is 0.668. The second kappa shape index (κ2) is 9.83. The molecule has 0 amide bonds. The van der Waals surface area contributed by atoms with Crippen molar-refractivity contribution in [3.05, 3.63) is 77.1 Å². The minimum Gasteiger partial charge on any atom is -0.366 e. The number of piperazine rings is 1. The third-order valence-electron chi connectivity index (χ3n) is 6.01. The van der Waals surface area contributed by atoms with E-state index in [4.69, 9.17) is 16.6 Å². The summed E-state index contributed by atoms with van der Waals surface area (Å²) < 4.78 is 0. The zero-order valence-electron chi connectivity index (χ0n) is 19.4. The summed E-state index contributed by atoms with van der Waals surface area (Å²) in [5.74, 6) is 1.65. The highest BCUT2D eigenvalue weighted by atomic mass is 35.5. The fourth-order valence-corrected chi connectivity index (χ4v) is 4.30. The molecule has 2 aromatic heterocycles. The van der Waals surface area contributed by atoms with Crippen LogP contribution in [0.5, 0.6) is 0 Å². The Morgan fingerprint density at radius 1 is 0.971 bits per heavy atom. The highest BCUT2D eigenvalue weighted by Crippen LogP contribution is 2.27. The number of nitrogens with zero attached hydrogens (tertiary/aromatic N) is 5. The quantitative estimate of drug-likeness (QED) is 0.404. The molecule has 0 aliphatic carbocycles. The molecule has 1 saturated heterocycles. The van der Waals surface area contributed by atoms with Gasteiger partial charge in [-0.15, -0.1) is 0 Å². The molecule has 1 aliphatic heterocycles. The maximum absolute atomic E-state index is 6.13. The zero-order chi connectivity index (χ0) is 23.5. The summed E-state index contributed by atoms with van der Waals surface area (Å²) in [5, 5.41) is 8.71. The van der Waals surface area contributed by atoms with Crippen molar-refractivity contribution in [3.63, 3.8) is 0 Å². The predicted octanol–water partition coefficient (Wildman–Crippen LogP) is 5.09. The van der Waals surface area contributed by atoms with Gasteiger partial charge in [0.25, 0.3) is 0 Å². The third kappa shape index (κ3) is 5.21. The van der Waals surface area contributed by atoms with Gasteiger partial charge in [-0.25, -0.2) is 4.98 Å². The van der Waals surface area contributed by atoms with Crippen LogP contribution in [0.15, 0.2) is 60.8 Å². The Balaban J connectivity index is 1.29. The Morgan fingerprint density at radius 2 is 1.82 bits per heavy atom. The van der Waals surface area contributed by atoms with Crippen molar-refractivity contribution in [2.45, 2.75) is 13.5 Å². The summed E-state index contributed by atoms with van der Waals surface area (Å²) in [5.41, 5.74) is 5.00. The lowest BCUT2D eigenvalue weighted by molar-refractivity contribution is 0.311. The number of halogens is 1. The molecule has 8 heteroatoms. The fraction of sp³-hybridized carbons (Fsp3) is 0.269. The van der Waals surface area contributed by atoms with E-state index in [0.29, 0.717) is 11.6 Å². The summed E-state index contributed by atoms with van der Waals surface area (Å²) in [6, 6.07) is 18.1.